The number of halogens is 1. The first-order valence-electron chi connectivity index (χ1n) is 11.5. The van der Waals surface area contributed by atoms with Crippen LogP contribution >= 0.6 is 11.3 Å². The number of methoxy groups -OCH3 is 3. The SMILES string of the molecule is COc1cc(/C=N/N(C(=O)CN2C(=O)c3ccccc3C2=O)c2nc3ccc(F)cc3s2)cc(OC)c1OC. The number of rotatable bonds is 8. The van der Waals surface area contributed by atoms with E-state index in [2.05, 4.69) is 10.1 Å². The van der Waals surface area contributed by atoms with Crippen LogP contribution in [0.25, 0.3) is 10.2 Å². The van der Waals surface area contributed by atoms with E-state index in [-0.39, 0.29) is 16.3 Å². The van der Waals surface area contributed by atoms with Crippen molar-refractivity contribution >= 4 is 50.6 Å². The average Bonchev–Trinajstić information content (AvgIpc) is 3.46. The molecular formula is C27H21FN4O6S. The Labute approximate surface area is 225 Å². The van der Waals surface area contributed by atoms with Crippen LogP contribution in [-0.2, 0) is 4.79 Å². The molecule has 0 spiro atoms. The van der Waals surface area contributed by atoms with Crippen LogP contribution in [0.1, 0.15) is 26.3 Å². The molecule has 198 valence electrons. The summed E-state index contributed by atoms with van der Waals surface area (Å²) in [6, 6.07) is 13.7. The molecule has 5 rings (SSSR count). The third kappa shape index (κ3) is 4.77. The third-order valence-electron chi connectivity index (χ3n) is 5.94. The van der Waals surface area contributed by atoms with Crippen molar-refractivity contribution in [1.82, 2.24) is 9.88 Å². The molecule has 0 saturated heterocycles. The number of benzene rings is 3. The minimum atomic E-state index is -0.701. The van der Waals surface area contributed by atoms with Crippen LogP contribution < -0.4 is 19.2 Å². The number of carbonyl (C=O) groups excluding carboxylic acids is 3. The first-order valence-corrected chi connectivity index (χ1v) is 12.3. The summed E-state index contributed by atoms with van der Waals surface area (Å²) in [5.74, 6) is -1.19. The Bertz CT molecular complexity index is 1590. The zero-order chi connectivity index (χ0) is 27.7. The maximum absolute atomic E-state index is 13.8. The van der Waals surface area contributed by atoms with E-state index < -0.39 is 30.1 Å². The van der Waals surface area contributed by atoms with E-state index in [1.807, 2.05) is 0 Å². The summed E-state index contributed by atoms with van der Waals surface area (Å²) in [5, 5.41) is 5.45. The molecule has 0 unspecified atom stereocenters. The Kier molecular flexibility index (Phi) is 6.94. The summed E-state index contributed by atoms with van der Waals surface area (Å²) >= 11 is 1.03. The van der Waals surface area contributed by atoms with E-state index in [1.54, 1.807) is 24.3 Å². The molecule has 0 N–H and O–H groups in total. The number of nitrogens with zero attached hydrogens (tertiary/aromatic N) is 4. The molecule has 0 atom stereocenters. The van der Waals surface area contributed by atoms with Crippen LogP contribution in [0, 0.1) is 5.82 Å². The van der Waals surface area contributed by atoms with Crippen molar-refractivity contribution in [2.24, 2.45) is 5.10 Å². The topological polar surface area (TPSA) is 111 Å². The molecule has 0 radical (unpaired) electrons. The van der Waals surface area contributed by atoms with E-state index >= 15 is 0 Å². The molecule has 12 heteroatoms. The minimum absolute atomic E-state index is 0.126. The number of fused-ring (bicyclic) bond motifs is 2. The van der Waals surface area contributed by atoms with Crippen LogP contribution in [0.4, 0.5) is 9.52 Å². The Morgan fingerprint density at radius 2 is 1.64 bits per heavy atom. The molecular weight excluding hydrogens is 527 g/mol. The van der Waals surface area contributed by atoms with Gasteiger partial charge in [-0.05, 0) is 42.5 Å². The van der Waals surface area contributed by atoms with Crippen LogP contribution in [-0.4, -0.2) is 61.7 Å². The molecule has 10 nitrogen and oxygen atoms in total. The minimum Gasteiger partial charge on any atom is -0.493 e. The maximum Gasteiger partial charge on any atom is 0.269 e. The van der Waals surface area contributed by atoms with Gasteiger partial charge in [-0.15, -0.1) is 0 Å². The van der Waals surface area contributed by atoms with Gasteiger partial charge in [0.25, 0.3) is 17.7 Å². The molecule has 3 amide bonds. The first-order chi connectivity index (χ1) is 18.8. The van der Waals surface area contributed by atoms with Crippen LogP contribution in [0.15, 0.2) is 59.7 Å². The summed E-state index contributed by atoms with van der Waals surface area (Å²) in [4.78, 5) is 44.6. The highest BCUT2D eigenvalue weighted by atomic mass is 32.1. The van der Waals surface area contributed by atoms with Gasteiger partial charge in [-0.1, -0.05) is 23.5 Å². The van der Waals surface area contributed by atoms with Gasteiger partial charge in [-0.25, -0.2) is 9.37 Å². The molecule has 0 saturated carbocycles. The third-order valence-corrected chi connectivity index (χ3v) is 6.93. The number of thiazole rings is 1. The fourth-order valence-corrected chi connectivity index (χ4v) is 5.05. The quantitative estimate of drug-likeness (QED) is 0.185. The number of hydrazone groups is 1. The number of imide groups is 1. The molecule has 1 aliphatic rings. The molecule has 0 bridgehead atoms. The van der Waals surface area contributed by atoms with Gasteiger partial charge >= 0.3 is 0 Å². The number of aromatic nitrogens is 1. The van der Waals surface area contributed by atoms with Crippen LogP contribution in [0.2, 0.25) is 0 Å². The standard InChI is InChI=1S/C27H21FN4O6S/c1-36-20-10-15(11-21(37-2)24(20)38-3)13-29-32(27-30-19-9-8-16(28)12-22(19)39-27)23(33)14-31-25(34)17-6-4-5-7-18(17)26(31)35/h4-13H,14H2,1-3H3/b29-13+. The molecule has 1 aliphatic heterocycles. The lowest BCUT2D eigenvalue weighted by Gasteiger charge is -2.18. The van der Waals surface area contributed by atoms with E-state index in [0.29, 0.717) is 33.0 Å². The van der Waals surface area contributed by atoms with Crippen molar-refractivity contribution in [2.45, 2.75) is 0 Å². The van der Waals surface area contributed by atoms with Crippen molar-refractivity contribution < 1.29 is 33.0 Å². The average molecular weight is 549 g/mol. The largest absolute Gasteiger partial charge is 0.493 e. The lowest BCUT2D eigenvalue weighted by atomic mass is 10.1. The lowest BCUT2D eigenvalue weighted by Crippen LogP contribution is -2.41. The highest BCUT2D eigenvalue weighted by molar-refractivity contribution is 7.22. The Morgan fingerprint density at radius 1 is 1.00 bits per heavy atom. The molecule has 2 heterocycles. The zero-order valence-corrected chi connectivity index (χ0v) is 21.8. The molecule has 39 heavy (non-hydrogen) atoms. The first kappa shape index (κ1) is 25.8. The van der Waals surface area contributed by atoms with Gasteiger partial charge in [0.2, 0.25) is 10.9 Å². The number of anilines is 1. The molecule has 0 aliphatic carbocycles. The number of hydrogen-bond donors (Lipinski definition) is 0. The molecule has 0 fully saturated rings. The molecule has 4 aromatic rings. The Balaban J connectivity index is 1.52. The smallest absolute Gasteiger partial charge is 0.269 e. The maximum atomic E-state index is 13.8. The van der Waals surface area contributed by atoms with Crippen molar-refractivity contribution in [3.05, 3.63) is 77.1 Å². The van der Waals surface area contributed by atoms with E-state index in [9.17, 15) is 18.8 Å². The second-order valence-corrected chi connectivity index (χ2v) is 9.27. The van der Waals surface area contributed by atoms with Crippen molar-refractivity contribution in [1.29, 1.82) is 0 Å². The molecule has 3 aromatic carbocycles. The fourth-order valence-electron chi connectivity index (χ4n) is 4.08. The normalized spacial score (nSPS) is 12.8. The van der Waals surface area contributed by atoms with E-state index in [4.69, 9.17) is 14.2 Å². The summed E-state index contributed by atoms with van der Waals surface area (Å²) in [6.07, 6.45) is 1.37. The van der Waals surface area contributed by atoms with Gasteiger partial charge in [0.15, 0.2) is 11.5 Å². The van der Waals surface area contributed by atoms with E-state index in [1.165, 1.54) is 57.9 Å². The second-order valence-electron chi connectivity index (χ2n) is 8.26. The number of amides is 3. The Hall–Kier alpha value is -4.84. The van der Waals surface area contributed by atoms with Gasteiger partial charge < -0.3 is 14.2 Å². The number of carbonyl (C=O) groups is 3. The van der Waals surface area contributed by atoms with Gasteiger partial charge in [0, 0.05) is 5.56 Å². The number of hydrogen-bond acceptors (Lipinski definition) is 9. The monoisotopic (exact) mass is 548 g/mol. The summed E-state index contributed by atoms with van der Waals surface area (Å²) in [5.41, 5.74) is 1.39. The summed E-state index contributed by atoms with van der Waals surface area (Å²) < 4.78 is 30.4. The van der Waals surface area contributed by atoms with Crippen molar-refractivity contribution in [3.8, 4) is 17.2 Å². The summed E-state index contributed by atoms with van der Waals surface area (Å²) in [7, 11) is 4.41. The van der Waals surface area contributed by atoms with Gasteiger partial charge in [-0.3, -0.25) is 19.3 Å². The van der Waals surface area contributed by atoms with Gasteiger partial charge in [-0.2, -0.15) is 10.1 Å². The van der Waals surface area contributed by atoms with Gasteiger partial charge in [0.05, 0.1) is 48.9 Å². The number of ether oxygens (including phenoxy) is 3. The summed E-state index contributed by atoms with van der Waals surface area (Å²) in [6.45, 7) is -0.580. The Morgan fingerprint density at radius 3 is 2.23 bits per heavy atom. The predicted molar refractivity (Wildman–Crippen MR) is 143 cm³/mol. The highest BCUT2D eigenvalue weighted by Crippen LogP contribution is 2.38. The fraction of sp³-hybridized carbons (Fsp3) is 0.148. The zero-order valence-electron chi connectivity index (χ0n) is 21.0. The van der Waals surface area contributed by atoms with E-state index in [0.717, 1.165) is 21.2 Å². The van der Waals surface area contributed by atoms with Gasteiger partial charge in [0.1, 0.15) is 12.4 Å². The second kappa shape index (κ2) is 10.5. The lowest BCUT2D eigenvalue weighted by molar-refractivity contribution is -0.118. The predicted octanol–water partition coefficient (Wildman–Crippen LogP) is 4.12. The van der Waals surface area contributed by atoms with Crippen LogP contribution in [0.3, 0.4) is 0 Å². The highest BCUT2D eigenvalue weighted by Gasteiger charge is 2.37. The van der Waals surface area contributed by atoms with Crippen molar-refractivity contribution in [2.75, 3.05) is 32.9 Å². The van der Waals surface area contributed by atoms with Crippen molar-refractivity contribution in [3.63, 3.8) is 0 Å². The van der Waals surface area contributed by atoms with Crippen LogP contribution in [0.5, 0.6) is 17.2 Å². The molecule has 1 aromatic heterocycles.